The van der Waals surface area contributed by atoms with Crippen LogP contribution in [0.5, 0.6) is 0 Å². The van der Waals surface area contributed by atoms with Gasteiger partial charge in [-0.1, -0.05) is 11.6 Å². The molecule has 0 atom stereocenters. The third kappa shape index (κ3) is 2.74. The van der Waals surface area contributed by atoms with Gasteiger partial charge in [-0.15, -0.1) is 0 Å². The van der Waals surface area contributed by atoms with Gasteiger partial charge in [0.25, 0.3) is 5.91 Å². The molecule has 2 aromatic rings. The molecule has 3 N–H and O–H groups in total. The van der Waals surface area contributed by atoms with Crippen molar-refractivity contribution in [3.8, 4) is 0 Å². The zero-order chi connectivity index (χ0) is 14.0. The smallest absolute Gasteiger partial charge is 0.265 e. The van der Waals surface area contributed by atoms with E-state index in [1.54, 1.807) is 11.6 Å². The third-order valence-corrected chi connectivity index (χ3v) is 3.17. The first kappa shape index (κ1) is 13.5. The molecule has 19 heavy (non-hydrogen) atoms. The van der Waals surface area contributed by atoms with Gasteiger partial charge in [0.2, 0.25) is 0 Å². The number of hydrogen-bond donors (Lipinski definition) is 2. The summed E-state index contributed by atoms with van der Waals surface area (Å²) >= 11 is 5.88. The molecule has 0 bridgehead atoms. The number of nitrogens with two attached hydrogens (primary N) is 1. The molecule has 1 amide bonds. The summed E-state index contributed by atoms with van der Waals surface area (Å²) in [5.41, 5.74) is 3.36. The van der Waals surface area contributed by atoms with Crippen molar-refractivity contribution < 1.29 is 9.18 Å². The van der Waals surface area contributed by atoms with Crippen molar-refractivity contribution in [1.82, 2.24) is 15.2 Å². The normalized spacial score (nSPS) is 10.5. The van der Waals surface area contributed by atoms with Crippen molar-refractivity contribution >= 4 is 17.5 Å². The fourth-order valence-electron chi connectivity index (χ4n) is 1.66. The van der Waals surface area contributed by atoms with Crippen molar-refractivity contribution in [3.05, 3.63) is 52.1 Å². The molecule has 100 valence electrons. The maximum absolute atomic E-state index is 13.7. The van der Waals surface area contributed by atoms with E-state index in [0.29, 0.717) is 10.6 Å². The standard InChI is InChI=1S/C12H12ClFN4O/c1-7-10(13)5-16-18(7)6-9-4-8(12(19)17-15)2-3-11(9)14/h2-5H,6,15H2,1H3,(H,17,19). The van der Waals surface area contributed by atoms with Crippen LogP contribution >= 0.6 is 11.6 Å². The monoisotopic (exact) mass is 282 g/mol. The molecule has 1 aromatic heterocycles. The Morgan fingerprint density at radius 1 is 1.58 bits per heavy atom. The van der Waals surface area contributed by atoms with Crippen molar-refractivity contribution in [2.75, 3.05) is 0 Å². The van der Waals surface area contributed by atoms with E-state index in [-0.39, 0.29) is 12.1 Å². The quantitative estimate of drug-likeness (QED) is 0.511. The predicted octanol–water partition coefficient (Wildman–Crippen LogP) is 1.64. The van der Waals surface area contributed by atoms with E-state index in [4.69, 9.17) is 17.4 Å². The zero-order valence-corrected chi connectivity index (χ0v) is 10.9. The van der Waals surface area contributed by atoms with Gasteiger partial charge in [0.1, 0.15) is 5.82 Å². The van der Waals surface area contributed by atoms with E-state index in [1.807, 2.05) is 5.43 Å². The molecule has 0 unspecified atom stereocenters. The number of nitrogens with one attached hydrogen (secondary N) is 1. The second kappa shape index (κ2) is 5.38. The Bertz CT molecular complexity index is 626. The number of carbonyl (C=O) groups excluding carboxylic acids is 1. The highest BCUT2D eigenvalue weighted by molar-refractivity contribution is 6.31. The zero-order valence-electron chi connectivity index (χ0n) is 10.2. The number of nitrogens with zero attached hydrogens (tertiary/aromatic N) is 2. The molecule has 0 aliphatic heterocycles. The van der Waals surface area contributed by atoms with Crippen LogP contribution in [0, 0.1) is 12.7 Å². The Hall–Kier alpha value is -1.92. The number of hydrogen-bond acceptors (Lipinski definition) is 3. The van der Waals surface area contributed by atoms with E-state index in [2.05, 4.69) is 5.10 Å². The molecule has 0 saturated carbocycles. The lowest BCUT2D eigenvalue weighted by atomic mass is 10.1. The molecule has 5 nitrogen and oxygen atoms in total. The first-order valence-electron chi connectivity index (χ1n) is 5.50. The Morgan fingerprint density at radius 2 is 2.32 bits per heavy atom. The van der Waals surface area contributed by atoms with Crippen molar-refractivity contribution in [1.29, 1.82) is 0 Å². The Labute approximate surface area is 114 Å². The first-order chi connectivity index (χ1) is 9.02. The van der Waals surface area contributed by atoms with Gasteiger partial charge in [-0.25, -0.2) is 10.2 Å². The van der Waals surface area contributed by atoms with Crippen LogP contribution in [-0.2, 0) is 6.54 Å². The minimum atomic E-state index is -0.475. The highest BCUT2D eigenvalue weighted by Gasteiger charge is 2.11. The number of halogens is 2. The Morgan fingerprint density at radius 3 is 2.89 bits per heavy atom. The SMILES string of the molecule is Cc1c(Cl)cnn1Cc1cc(C(=O)NN)ccc1F. The van der Waals surface area contributed by atoms with Gasteiger partial charge < -0.3 is 0 Å². The molecule has 7 heteroatoms. The summed E-state index contributed by atoms with van der Waals surface area (Å²) in [4.78, 5) is 11.4. The molecule has 2 rings (SSSR count). The van der Waals surface area contributed by atoms with Gasteiger partial charge in [-0.3, -0.25) is 14.9 Å². The van der Waals surface area contributed by atoms with Crippen LogP contribution in [0.2, 0.25) is 5.02 Å². The third-order valence-electron chi connectivity index (χ3n) is 2.80. The van der Waals surface area contributed by atoms with Crippen molar-refractivity contribution in [3.63, 3.8) is 0 Å². The maximum Gasteiger partial charge on any atom is 0.265 e. The van der Waals surface area contributed by atoms with Crippen LogP contribution in [0.1, 0.15) is 21.6 Å². The van der Waals surface area contributed by atoms with Gasteiger partial charge >= 0.3 is 0 Å². The first-order valence-corrected chi connectivity index (χ1v) is 5.88. The van der Waals surface area contributed by atoms with E-state index < -0.39 is 11.7 Å². The summed E-state index contributed by atoms with van der Waals surface area (Å²) in [6.45, 7) is 1.97. The lowest BCUT2D eigenvalue weighted by Gasteiger charge is -2.08. The predicted molar refractivity (Wildman–Crippen MR) is 69.1 cm³/mol. The fraction of sp³-hybridized carbons (Fsp3) is 0.167. The Balaban J connectivity index is 2.34. The molecule has 0 aliphatic carbocycles. The Kier molecular flexibility index (Phi) is 3.82. The van der Waals surface area contributed by atoms with Crippen LogP contribution in [-0.4, -0.2) is 15.7 Å². The highest BCUT2D eigenvalue weighted by atomic mass is 35.5. The minimum Gasteiger partial charge on any atom is -0.290 e. The second-order valence-electron chi connectivity index (χ2n) is 4.02. The average Bonchev–Trinajstić information content (AvgIpc) is 2.72. The molecule has 1 heterocycles. The summed E-state index contributed by atoms with van der Waals surface area (Å²) in [7, 11) is 0. The maximum atomic E-state index is 13.7. The summed E-state index contributed by atoms with van der Waals surface area (Å²) < 4.78 is 15.3. The van der Waals surface area contributed by atoms with E-state index in [1.165, 1.54) is 24.4 Å². The summed E-state index contributed by atoms with van der Waals surface area (Å²) in [5.74, 6) is 4.15. The lowest BCUT2D eigenvalue weighted by molar-refractivity contribution is 0.0953. The van der Waals surface area contributed by atoms with Gasteiger partial charge in [0, 0.05) is 11.1 Å². The molecule has 0 radical (unpaired) electrons. The largest absolute Gasteiger partial charge is 0.290 e. The summed E-state index contributed by atoms with van der Waals surface area (Å²) in [6.07, 6.45) is 1.49. The lowest BCUT2D eigenvalue weighted by Crippen LogP contribution is -2.30. The number of carbonyl (C=O) groups is 1. The molecule has 1 aromatic carbocycles. The molecular weight excluding hydrogens is 271 g/mol. The van der Waals surface area contributed by atoms with Crippen LogP contribution in [0.25, 0.3) is 0 Å². The number of nitrogen functional groups attached to an aromatic ring is 1. The number of benzene rings is 1. The number of aromatic nitrogens is 2. The van der Waals surface area contributed by atoms with Gasteiger partial charge in [-0.2, -0.15) is 5.10 Å². The van der Waals surface area contributed by atoms with Crippen molar-refractivity contribution in [2.45, 2.75) is 13.5 Å². The fourth-order valence-corrected chi connectivity index (χ4v) is 1.81. The molecular formula is C12H12ClFN4O. The number of amides is 1. The topological polar surface area (TPSA) is 72.9 Å². The van der Waals surface area contributed by atoms with Gasteiger partial charge in [-0.05, 0) is 25.1 Å². The van der Waals surface area contributed by atoms with Crippen LogP contribution in [0.15, 0.2) is 24.4 Å². The molecule has 0 fully saturated rings. The average molecular weight is 283 g/mol. The summed E-state index contributed by atoms with van der Waals surface area (Å²) in [5, 5.41) is 4.55. The van der Waals surface area contributed by atoms with Gasteiger partial charge in [0.05, 0.1) is 23.5 Å². The summed E-state index contributed by atoms with van der Waals surface area (Å²) in [6, 6.07) is 4.02. The van der Waals surface area contributed by atoms with Crippen LogP contribution < -0.4 is 11.3 Å². The van der Waals surface area contributed by atoms with Crippen molar-refractivity contribution in [2.24, 2.45) is 5.84 Å². The van der Waals surface area contributed by atoms with E-state index in [9.17, 15) is 9.18 Å². The van der Waals surface area contributed by atoms with Crippen LogP contribution in [0.4, 0.5) is 4.39 Å². The number of rotatable bonds is 3. The van der Waals surface area contributed by atoms with E-state index in [0.717, 1.165) is 5.69 Å². The molecule has 0 spiro atoms. The molecule has 0 saturated heterocycles. The number of hydrazine groups is 1. The highest BCUT2D eigenvalue weighted by Crippen LogP contribution is 2.17. The van der Waals surface area contributed by atoms with E-state index >= 15 is 0 Å². The minimum absolute atomic E-state index is 0.191. The van der Waals surface area contributed by atoms with Gasteiger partial charge in [0.15, 0.2) is 0 Å². The molecule has 0 aliphatic rings. The van der Waals surface area contributed by atoms with Crippen LogP contribution in [0.3, 0.4) is 0 Å². The second-order valence-corrected chi connectivity index (χ2v) is 4.42.